The van der Waals surface area contributed by atoms with Crippen molar-refractivity contribution >= 4 is 5.95 Å². The van der Waals surface area contributed by atoms with Crippen molar-refractivity contribution in [3.05, 3.63) is 40.3 Å². The van der Waals surface area contributed by atoms with Crippen LogP contribution >= 0.6 is 0 Å². The molecule has 0 unspecified atom stereocenters. The Morgan fingerprint density at radius 1 is 1.29 bits per heavy atom. The quantitative estimate of drug-likeness (QED) is 0.578. The number of aromatic nitrogens is 3. The zero-order chi connectivity index (χ0) is 12.4. The van der Waals surface area contributed by atoms with Crippen molar-refractivity contribution in [3.8, 4) is 11.4 Å². The zero-order valence-electron chi connectivity index (χ0n) is 9.64. The van der Waals surface area contributed by atoms with Crippen LogP contribution < -0.4 is 16.5 Å². The summed E-state index contributed by atoms with van der Waals surface area (Å²) in [4.78, 5) is 21.9. The van der Waals surface area contributed by atoms with Gasteiger partial charge in [0.2, 0.25) is 5.95 Å². The minimum absolute atomic E-state index is 0.187. The number of anilines is 1. The molecule has 17 heavy (non-hydrogen) atoms. The third-order valence-electron chi connectivity index (χ3n) is 2.35. The largest absolute Gasteiger partial charge is 0.349 e. The van der Waals surface area contributed by atoms with E-state index in [0.717, 1.165) is 11.1 Å². The molecule has 1 aromatic carbocycles. The number of hydrazine groups is 1. The van der Waals surface area contributed by atoms with Gasteiger partial charge in [0.05, 0.1) is 0 Å². The molecule has 2 aromatic rings. The van der Waals surface area contributed by atoms with Gasteiger partial charge in [-0.3, -0.25) is 9.99 Å². The zero-order valence-corrected chi connectivity index (χ0v) is 9.64. The molecule has 0 aliphatic heterocycles. The standard InChI is InChI=1S/C11H13N5O/c1-7-5-3-4-6-8(7)9-13-10(16(2)12)15-11(17)14-9/h3-6H,12H2,1-2H3,(H,13,14,15,17). The van der Waals surface area contributed by atoms with Gasteiger partial charge in [0.15, 0.2) is 0 Å². The van der Waals surface area contributed by atoms with E-state index in [1.54, 1.807) is 7.05 Å². The number of H-pyrrole nitrogens is 1. The maximum absolute atomic E-state index is 11.4. The van der Waals surface area contributed by atoms with Crippen LogP contribution in [0.3, 0.4) is 0 Å². The molecule has 2 rings (SSSR count). The van der Waals surface area contributed by atoms with Gasteiger partial charge in [0, 0.05) is 12.6 Å². The molecule has 1 aromatic heterocycles. The van der Waals surface area contributed by atoms with Crippen LogP contribution in [-0.2, 0) is 0 Å². The fraction of sp³-hybridized carbons (Fsp3) is 0.182. The Bertz CT molecular complexity index is 590. The van der Waals surface area contributed by atoms with Crippen molar-refractivity contribution in [1.82, 2.24) is 15.0 Å². The van der Waals surface area contributed by atoms with E-state index in [4.69, 9.17) is 5.84 Å². The van der Waals surface area contributed by atoms with Crippen molar-refractivity contribution in [2.75, 3.05) is 12.1 Å². The number of nitrogens with zero attached hydrogens (tertiary/aromatic N) is 3. The molecule has 0 spiro atoms. The lowest BCUT2D eigenvalue weighted by molar-refractivity contribution is 0.885. The number of hydrogen-bond acceptors (Lipinski definition) is 5. The molecular formula is C11H13N5O. The lowest BCUT2D eigenvalue weighted by Crippen LogP contribution is -2.30. The highest BCUT2D eigenvalue weighted by Gasteiger charge is 2.08. The summed E-state index contributed by atoms with van der Waals surface area (Å²) in [5.74, 6) is 6.18. The van der Waals surface area contributed by atoms with Crippen molar-refractivity contribution in [3.63, 3.8) is 0 Å². The van der Waals surface area contributed by atoms with Crippen LogP contribution in [0.15, 0.2) is 29.1 Å². The molecule has 0 bridgehead atoms. The minimum Gasteiger partial charge on any atom is -0.290 e. The van der Waals surface area contributed by atoms with Gasteiger partial charge in [-0.25, -0.2) is 10.6 Å². The minimum atomic E-state index is -0.467. The van der Waals surface area contributed by atoms with E-state index in [-0.39, 0.29) is 5.95 Å². The molecule has 0 saturated heterocycles. The molecule has 6 nitrogen and oxygen atoms in total. The maximum Gasteiger partial charge on any atom is 0.349 e. The number of rotatable bonds is 2. The summed E-state index contributed by atoms with van der Waals surface area (Å²) in [6.07, 6.45) is 0. The van der Waals surface area contributed by atoms with E-state index in [1.165, 1.54) is 5.01 Å². The normalized spacial score (nSPS) is 10.3. The van der Waals surface area contributed by atoms with Crippen LogP contribution in [-0.4, -0.2) is 22.0 Å². The first-order valence-corrected chi connectivity index (χ1v) is 5.10. The van der Waals surface area contributed by atoms with Gasteiger partial charge >= 0.3 is 5.69 Å². The van der Waals surface area contributed by atoms with Crippen LogP contribution in [0, 0.1) is 6.92 Å². The van der Waals surface area contributed by atoms with E-state index < -0.39 is 5.69 Å². The molecule has 0 aliphatic rings. The predicted octanol–water partition coefficient (Wildman–Crippen LogP) is 0.450. The van der Waals surface area contributed by atoms with E-state index in [1.807, 2.05) is 31.2 Å². The van der Waals surface area contributed by atoms with E-state index in [2.05, 4.69) is 15.0 Å². The van der Waals surface area contributed by atoms with E-state index in [9.17, 15) is 4.79 Å². The number of aromatic amines is 1. The highest BCUT2D eigenvalue weighted by Crippen LogP contribution is 2.18. The molecule has 6 heteroatoms. The maximum atomic E-state index is 11.4. The SMILES string of the molecule is Cc1ccccc1-c1nc(N(C)N)nc(=O)[nH]1. The van der Waals surface area contributed by atoms with Crippen LogP contribution in [0.5, 0.6) is 0 Å². The predicted molar refractivity (Wildman–Crippen MR) is 65.4 cm³/mol. The lowest BCUT2D eigenvalue weighted by Gasteiger charge is -2.10. The second-order valence-electron chi connectivity index (χ2n) is 3.73. The average molecular weight is 231 g/mol. The Morgan fingerprint density at radius 3 is 2.65 bits per heavy atom. The highest BCUT2D eigenvalue weighted by atomic mass is 16.1. The second-order valence-corrected chi connectivity index (χ2v) is 3.73. The monoisotopic (exact) mass is 231 g/mol. The third-order valence-corrected chi connectivity index (χ3v) is 2.35. The summed E-state index contributed by atoms with van der Waals surface area (Å²) >= 11 is 0. The molecule has 88 valence electrons. The fourth-order valence-corrected chi connectivity index (χ4v) is 1.50. The van der Waals surface area contributed by atoms with Gasteiger partial charge in [-0.05, 0) is 12.5 Å². The molecule has 0 aliphatic carbocycles. The number of aryl methyl sites for hydroxylation is 1. The Kier molecular flexibility index (Phi) is 2.88. The summed E-state index contributed by atoms with van der Waals surface area (Å²) in [6.45, 7) is 1.95. The molecule has 0 radical (unpaired) electrons. The third kappa shape index (κ3) is 2.31. The highest BCUT2D eigenvalue weighted by molar-refractivity contribution is 5.60. The first kappa shape index (κ1) is 11.3. The van der Waals surface area contributed by atoms with Crippen LogP contribution in [0.4, 0.5) is 5.95 Å². The summed E-state index contributed by atoms with van der Waals surface area (Å²) in [5, 5.41) is 1.21. The average Bonchev–Trinajstić information content (AvgIpc) is 2.28. The second kappa shape index (κ2) is 4.34. The molecule has 0 atom stereocenters. The summed E-state index contributed by atoms with van der Waals surface area (Å²) in [6, 6.07) is 7.64. The first-order chi connectivity index (χ1) is 8.08. The van der Waals surface area contributed by atoms with Crippen LogP contribution in [0.1, 0.15) is 5.56 Å². The van der Waals surface area contributed by atoms with Crippen LogP contribution in [0.25, 0.3) is 11.4 Å². The molecule has 0 saturated carbocycles. The van der Waals surface area contributed by atoms with Crippen molar-refractivity contribution in [1.29, 1.82) is 0 Å². The number of benzene rings is 1. The molecule has 1 heterocycles. The number of nitrogens with two attached hydrogens (primary N) is 1. The molecule has 0 amide bonds. The van der Waals surface area contributed by atoms with E-state index in [0.29, 0.717) is 5.82 Å². The molecular weight excluding hydrogens is 218 g/mol. The van der Waals surface area contributed by atoms with Crippen molar-refractivity contribution in [2.45, 2.75) is 6.92 Å². The smallest absolute Gasteiger partial charge is 0.290 e. The molecule has 0 fully saturated rings. The summed E-state index contributed by atoms with van der Waals surface area (Å²) in [5.41, 5.74) is 1.41. The van der Waals surface area contributed by atoms with Gasteiger partial charge in [0.1, 0.15) is 5.82 Å². The number of hydrogen-bond donors (Lipinski definition) is 2. The summed E-state index contributed by atoms with van der Waals surface area (Å²) < 4.78 is 0. The van der Waals surface area contributed by atoms with E-state index >= 15 is 0 Å². The Balaban J connectivity index is 2.60. The Hall–Kier alpha value is -2.21. The van der Waals surface area contributed by atoms with Gasteiger partial charge in [-0.2, -0.15) is 9.97 Å². The Labute approximate surface area is 98.1 Å². The van der Waals surface area contributed by atoms with Gasteiger partial charge in [-0.15, -0.1) is 0 Å². The Morgan fingerprint density at radius 2 is 2.00 bits per heavy atom. The first-order valence-electron chi connectivity index (χ1n) is 5.10. The number of nitrogens with one attached hydrogen (secondary N) is 1. The summed E-state index contributed by atoms with van der Waals surface area (Å²) in [7, 11) is 1.58. The van der Waals surface area contributed by atoms with Crippen molar-refractivity contribution in [2.24, 2.45) is 5.84 Å². The van der Waals surface area contributed by atoms with Gasteiger partial charge < -0.3 is 0 Å². The topological polar surface area (TPSA) is 87.9 Å². The fourth-order valence-electron chi connectivity index (χ4n) is 1.50. The van der Waals surface area contributed by atoms with Gasteiger partial charge in [0.25, 0.3) is 0 Å². The van der Waals surface area contributed by atoms with Crippen molar-refractivity contribution < 1.29 is 0 Å². The van der Waals surface area contributed by atoms with Crippen LogP contribution in [0.2, 0.25) is 0 Å². The van der Waals surface area contributed by atoms with Gasteiger partial charge in [-0.1, -0.05) is 24.3 Å². The molecule has 3 N–H and O–H groups in total. The lowest BCUT2D eigenvalue weighted by atomic mass is 10.1.